The molecule has 0 N–H and O–H groups in total. The summed E-state index contributed by atoms with van der Waals surface area (Å²) in [4.78, 5) is 18.0. The minimum absolute atomic E-state index is 0.414. The number of esters is 1. The molecule has 1 aromatic carbocycles. The lowest BCUT2D eigenvalue weighted by Crippen LogP contribution is -2.17. The van der Waals surface area contributed by atoms with Gasteiger partial charge < -0.3 is 13.7 Å². The van der Waals surface area contributed by atoms with Crippen molar-refractivity contribution in [2.75, 3.05) is 14.2 Å². The van der Waals surface area contributed by atoms with Crippen molar-refractivity contribution in [3.8, 4) is 11.4 Å². The maximum atomic E-state index is 11.6. The molecular weight excluding hydrogens is 358 g/mol. The molecule has 0 radical (unpaired) electrons. The molecule has 0 saturated carbocycles. The van der Waals surface area contributed by atoms with E-state index in [2.05, 4.69) is 10.1 Å². The minimum Gasteiger partial charge on any atom is -0.465 e. The number of carbonyl (C=O) groups excluding carboxylic acids is 1. The van der Waals surface area contributed by atoms with E-state index in [0.29, 0.717) is 46.9 Å². The van der Waals surface area contributed by atoms with Gasteiger partial charge in [-0.2, -0.15) is 4.98 Å². The highest BCUT2D eigenvalue weighted by Gasteiger charge is 2.17. The van der Waals surface area contributed by atoms with Crippen molar-refractivity contribution in [1.29, 1.82) is 0 Å². The molecule has 0 amide bonds. The fourth-order valence-corrected chi connectivity index (χ4v) is 2.74. The van der Waals surface area contributed by atoms with E-state index in [1.165, 1.54) is 7.11 Å². The molecule has 26 heavy (non-hydrogen) atoms. The summed E-state index contributed by atoms with van der Waals surface area (Å²) in [5, 5.41) is 4.60. The molecule has 0 spiro atoms. The number of ether oxygens (including phenoxy) is 1. The van der Waals surface area contributed by atoms with Crippen LogP contribution in [0, 0.1) is 6.92 Å². The summed E-state index contributed by atoms with van der Waals surface area (Å²) in [5.41, 5.74) is 1.22. The lowest BCUT2D eigenvalue weighted by molar-refractivity contribution is 0.0599. The second kappa shape index (κ2) is 7.72. The number of hydrogen-bond donors (Lipinski definition) is 0. The Morgan fingerprint density at radius 1 is 1.31 bits per heavy atom. The van der Waals surface area contributed by atoms with E-state index in [1.54, 1.807) is 25.1 Å². The molecule has 3 aromatic rings. The molecule has 0 aliphatic rings. The summed E-state index contributed by atoms with van der Waals surface area (Å²) in [5.74, 6) is 1.72. The van der Waals surface area contributed by atoms with Gasteiger partial charge in [-0.05, 0) is 32.2 Å². The first kappa shape index (κ1) is 18.2. The van der Waals surface area contributed by atoms with Gasteiger partial charge in [-0.25, -0.2) is 4.79 Å². The Kier molecular flexibility index (Phi) is 5.39. The van der Waals surface area contributed by atoms with Gasteiger partial charge in [0.25, 0.3) is 0 Å². The Balaban J connectivity index is 1.66. The number of rotatable bonds is 6. The predicted octanol–water partition coefficient (Wildman–Crippen LogP) is 3.71. The molecule has 0 bridgehead atoms. The third kappa shape index (κ3) is 4.12. The van der Waals surface area contributed by atoms with Crippen LogP contribution in [-0.4, -0.2) is 35.2 Å². The normalized spacial score (nSPS) is 11.1. The highest BCUT2D eigenvalue weighted by molar-refractivity contribution is 6.30. The van der Waals surface area contributed by atoms with E-state index >= 15 is 0 Å². The van der Waals surface area contributed by atoms with Crippen LogP contribution in [0.15, 0.2) is 39.3 Å². The van der Waals surface area contributed by atoms with Crippen LogP contribution < -0.4 is 0 Å². The Bertz CT molecular complexity index is 919. The second-order valence-corrected chi connectivity index (χ2v) is 6.30. The van der Waals surface area contributed by atoms with Gasteiger partial charge in [0.1, 0.15) is 17.1 Å². The van der Waals surface area contributed by atoms with Gasteiger partial charge in [0.05, 0.1) is 20.2 Å². The summed E-state index contributed by atoms with van der Waals surface area (Å²) in [7, 11) is 3.23. The van der Waals surface area contributed by atoms with Crippen LogP contribution in [0.3, 0.4) is 0 Å². The maximum Gasteiger partial charge on any atom is 0.341 e. The van der Waals surface area contributed by atoms with Crippen LogP contribution in [0.2, 0.25) is 5.02 Å². The lowest BCUT2D eigenvalue weighted by Gasteiger charge is -2.11. The van der Waals surface area contributed by atoms with E-state index in [-0.39, 0.29) is 0 Å². The van der Waals surface area contributed by atoms with Crippen molar-refractivity contribution in [3.05, 3.63) is 58.3 Å². The van der Waals surface area contributed by atoms with Crippen molar-refractivity contribution in [2.45, 2.75) is 20.0 Å². The van der Waals surface area contributed by atoms with Crippen molar-refractivity contribution in [1.82, 2.24) is 15.0 Å². The number of nitrogens with zero attached hydrogens (tertiary/aromatic N) is 3. The molecule has 136 valence electrons. The number of furan rings is 1. The number of halogens is 1. The second-order valence-electron chi connectivity index (χ2n) is 5.87. The molecule has 2 aromatic heterocycles. The fraction of sp³-hybridized carbons (Fsp3) is 0.278. The zero-order valence-corrected chi connectivity index (χ0v) is 15.4. The first-order chi connectivity index (χ1) is 12.5. The average molecular weight is 376 g/mol. The van der Waals surface area contributed by atoms with Gasteiger partial charge in [-0.3, -0.25) is 4.90 Å². The largest absolute Gasteiger partial charge is 0.465 e. The average Bonchev–Trinajstić information content (AvgIpc) is 3.21. The molecule has 0 fully saturated rings. The topological polar surface area (TPSA) is 81.6 Å². The van der Waals surface area contributed by atoms with Gasteiger partial charge in [0, 0.05) is 10.6 Å². The molecule has 0 aliphatic heterocycles. The van der Waals surface area contributed by atoms with Crippen LogP contribution >= 0.6 is 11.6 Å². The van der Waals surface area contributed by atoms with Crippen molar-refractivity contribution in [2.24, 2.45) is 0 Å². The smallest absolute Gasteiger partial charge is 0.341 e. The minimum atomic E-state index is -0.414. The molecular formula is C18H18ClN3O4. The highest BCUT2D eigenvalue weighted by Crippen LogP contribution is 2.21. The van der Waals surface area contributed by atoms with Crippen LogP contribution in [0.1, 0.15) is 27.8 Å². The standard InChI is InChI=1S/C18H18ClN3O4/c1-11-15(18(23)24-3)8-14(25-11)9-22(2)10-16-20-17(21-26-16)12-5-4-6-13(19)7-12/h4-8H,9-10H2,1-3H3. The molecule has 0 aliphatic carbocycles. The van der Waals surface area contributed by atoms with Crippen LogP contribution in [0.4, 0.5) is 0 Å². The Labute approximate surface area is 155 Å². The summed E-state index contributed by atoms with van der Waals surface area (Å²) < 4.78 is 15.6. The van der Waals surface area contributed by atoms with E-state index in [9.17, 15) is 4.79 Å². The highest BCUT2D eigenvalue weighted by atomic mass is 35.5. The van der Waals surface area contributed by atoms with Crippen molar-refractivity contribution in [3.63, 3.8) is 0 Å². The Hall–Kier alpha value is -2.64. The predicted molar refractivity (Wildman–Crippen MR) is 94.7 cm³/mol. The molecule has 0 unspecified atom stereocenters. The first-order valence-corrected chi connectivity index (χ1v) is 8.28. The molecule has 2 heterocycles. The summed E-state index contributed by atoms with van der Waals surface area (Å²) in [6.45, 7) is 2.64. The summed E-state index contributed by atoms with van der Waals surface area (Å²) >= 11 is 5.99. The Morgan fingerprint density at radius 2 is 2.12 bits per heavy atom. The third-order valence-electron chi connectivity index (χ3n) is 3.76. The van der Waals surface area contributed by atoms with E-state index in [4.69, 9.17) is 25.3 Å². The molecule has 8 heteroatoms. The monoisotopic (exact) mass is 375 g/mol. The number of benzene rings is 1. The Morgan fingerprint density at radius 3 is 2.85 bits per heavy atom. The lowest BCUT2D eigenvalue weighted by atomic mass is 10.2. The molecule has 0 saturated heterocycles. The van der Waals surface area contributed by atoms with E-state index in [0.717, 1.165) is 5.56 Å². The first-order valence-electron chi connectivity index (χ1n) is 7.91. The van der Waals surface area contributed by atoms with Gasteiger partial charge in [-0.1, -0.05) is 28.9 Å². The van der Waals surface area contributed by atoms with E-state index in [1.807, 2.05) is 24.1 Å². The van der Waals surface area contributed by atoms with Crippen LogP contribution in [0.5, 0.6) is 0 Å². The number of carbonyl (C=O) groups is 1. The van der Waals surface area contributed by atoms with Gasteiger partial charge in [0.2, 0.25) is 11.7 Å². The molecule has 0 atom stereocenters. The van der Waals surface area contributed by atoms with Crippen LogP contribution in [0.25, 0.3) is 11.4 Å². The molecule has 3 rings (SSSR count). The maximum absolute atomic E-state index is 11.6. The van der Waals surface area contributed by atoms with Gasteiger partial charge in [-0.15, -0.1) is 0 Å². The van der Waals surface area contributed by atoms with Crippen molar-refractivity contribution < 1.29 is 18.5 Å². The third-order valence-corrected chi connectivity index (χ3v) is 3.99. The van der Waals surface area contributed by atoms with Crippen LogP contribution in [-0.2, 0) is 17.8 Å². The quantitative estimate of drug-likeness (QED) is 0.607. The van der Waals surface area contributed by atoms with Gasteiger partial charge in [0.15, 0.2) is 0 Å². The molecule has 7 nitrogen and oxygen atoms in total. The summed E-state index contributed by atoms with van der Waals surface area (Å²) in [6, 6.07) is 8.94. The summed E-state index contributed by atoms with van der Waals surface area (Å²) in [6.07, 6.45) is 0. The van der Waals surface area contributed by atoms with Gasteiger partial charge >= 0.3 is 5.97 Å². The SMILES string of the molecule is COC(=O)c1cc(CN(C)Cc2nc(-c3cccc(Cl)c3)no2)oc1C. The number of hydrogen-bond acceptors (Lipinski definition) is 7. The zero-order valence-electron chi connectivity index (χ0n) is 14.7. The van der Waals surface area contributed by atoms with E-state index < -0.39 is 5.97 Å². The number of methoxy groups -OCH3 is 1. The van der Waals surface area contributed by atoms with Crippen molar-refractivity contribution >= 4 is 17.6 Å². The number of aryl methyl sites for hydroxylation is 1. The fourth-order valence-electron chi connectivity index (χ4n) is 2.55. The zero-order chi connectivity index (χ0) is 18.7. The number of aromatic nitrogens is 2.